The molecule has 0 fully saturated rings. The molecule has 1 atom stereocenters. The molecule has 2 aromatic carbocycles. The number of carbonyl (C=O) groups excluding carboxylic acids is 1. The van der Waals surface area contributed by atoms with Gasteiger partial charge in [-0.3, -0.25) is 14.4 Å². The van der Waals surface area contributed by atoms with Crippen LogP contribution in [-0.2, 0) is 22.6 Å². The standard InChI is InChI=1S/C21H18F3N3O3S2/c1-12-8-15-9-14(6-7-18(15)27(12)32(2,29)30)19(28)26-20-25-17(11-31-20)13-4-3-5-16(10-13)21(22,23)24/h3-7,9-12H,8H2,1-2H3,(H,25,26,28). The maximum atomic E-state index is 12.9. The molecule has 168 valence electrons. The Morgan fingerprint density at radius 2 is 1.97 bits per heavy atom. The molecule has 1 aliphatic rings. The van der Waals surface area contributed by atoms with Gasteiger partial charge in [0.2, 0.25) is 10.0 Å². The lowest BCUT2D eigenvalue weighted by Crippen LogP contribution is -2.34. The molecule has 0 saturated carbocycles. The number of carbonyl (C=O) groups is 1. The molecule has 3 aromatic rings. The van der Waals surface area contributed by atoms with E-state index in [9.17, 15) is 26.4 Å². The average molecular weight is 482 g/mol. The third kappa shape index (κ3) is 4.35. The quantitative estimate of drug-likeness (QED) is 0.581. The molecule has 0 bridgehead atoms. The number of thiazole rings is 1. The molecular weight excluding hydrogens is 463 g/mol. The zero-order valence-corrected chi connectivity index (χ0v) is 18.6. The number of hydrogen-bond donors (Lipinski definition) is 1. The van der Waals surface area contributed by atoms with Gasteiger partial charge in [-0.2, -0.15) is 13.2 Å². The highest BCUT2D eigenvalue weighted by Gasteiger charge is 2.33. The first-order chi connectivity index (χ1) is 14.9. The number of rotatable bonds is 4. The highest BCUT2D eigenvalue weighted by Crippen LogP contribution is 2.35. The number of anilines is 2. The molecule has 0 saturated heterocycles. The topological polar surface area (TPSA) is 79.4 Å². The number of fused-ring (bicyclic) bond motifs is 1. The van der Waals surface area contributed by atoms with Crippen LogP contribution in [0.2, 0.25) is 0 Å². The van der Waals surface area contributed by atoms with E-state index in [-0.39, 0.29) is 11.2 Å². The van der Waals surface area contributed by atoms with Crippen molar-refractivity contribution in [2.45, 2.75) is 25.6 Å². The first-order valence-electron chi connectivity index (χ1n) is 9.50. The van der Waals surface area contributed by atoms with E-state index >= 15 is 0 Å². The Labute approximate surface area is 186 Å². The zero-order chi connectivity index (χ0) is 23.3. The smallest absolute Gasteiger partial charge is 0.298 e. The third-order valence-electron chi connectivity index (χ3n) is 5.06. The summed E-state index contributed by atoms with van der Waals surface area (Å²) >= 11 is 1.10. The minimum Gasteiger partial charge on any atom is -0.298 e. The second kappa shape index (κ2) is 7.89. The molecule has 1 amide bonds. The third-order valence-corrected chi connectivity index (χ3v) is 7.09. The van der Waals surface area contributed by atoms with Crippen LogP contribution in [0.5, 0.6) is 0 Å². The number of aromatic nitrogens is 1. The number of nitrogens with zero attached hydrogens (tertiary/aromatic N) is 2. The minimum atomic E-state index is -4.46. The summed E-state index contributed by atoms with van der Waals surface area (Å²) in [6, 6.07) is 9.36. The summed E-state index contributed by atoms with van der Waals surface area (Å²) in [7, 11) is -3.43. The minimum absolute atomic E-state index is 0.243. The first-order valence-corrected chi connectivity index (χ1v) is 12.2. The van der Waals surface area contributed by atoms with E-state index in [1.165, 1.54) is 22.5 Å². The molecule has 4 rings (SSSR count). The van der Waals surface area contributed by atoms with Gasteiger partial charge >= 0.3 is 6.18 Å². The fraction of sp³-hybridized carbons (Fsp3) is 0.238. The summed E-state index contributed by atoms with van der Waals surface area (Å²) in [6.07, 6.45) is -2.83. The largest absolute Gasteiger partial charge is 0.416 e. The molecule has 1 aliphatic heterocycles. The molecule has 1 N–H and O–H groups in total. The van der Waals surface area contributed by atoms with Crippen molar-refractivity contribution in [1.82, 2.24) is 4.98 Å². The van der Waals surface area contributed by atoms with E-state index in [4.69, 9.17) is 0 Å². The summed E-state index contributed by atoms with van der Waals surface area (Å²) in [6.45, 7) is 1.80. The number of sulfonamides is 1. The Morgan fingerprint density at radius 3 is 2.66 bits per heavy atom. The molecule has 32 heavy (non-hydrogen) atoms. The van der Waals surface area contributed by atoms with E-state index in [0.29, 0.717) is 28.9 Å². The summed E-state index contributed by atoms with van der Waals surface area (Å²) in [5.74, 6) is -0.441. The molecule has 6 nitrogen and oxygen atoms in total. The van der Waals surface area contributed by atoms with Gasteiger partial charge in [-0.15, -0.1) is 11.3 Å². The van der Waals surface area contributed by atoms with Crippen molar-refractivity contribution in [3.8, 4) is 11.3 Å². The van der Waals surface area contributed by atoms with E-state index in [1.54, 1.807) is 24.4 Å². The van der Waals surface area contributed by atoms with Crippen LogP contribution in [0.4, 0.5) is 24.0 Å². The van der Waals surface area contributed by atoms with Crippen LogP contribution in [0, 0.1) is 0 Å². The predicted molar refractivity (Wildman–Crippen MR) is 117 cm³/mol. The van der Waals surface area contributed by atoms with Crippen molar-refractivity contribution in [2.75, 3.05) is 15.9 Å². The van der Waals surface area contributed by atoms with Gasteiger partial charge in [-0.25, -0.2) is 13.4 Å². The fourth-order valence-electron chi connectivity index (χ4n) is 3.74. The Hall–Kier alpha value is -2.92. The van der Waals surface area contributed by atoms with Crippen LogP contribution in [0.3, 0.4) is 0 Å². The number of halogens is 3. The Bertz CT molecular complexity index is 1300. The summed E-state index contributed by atoms with van der Waals surface area (Å²) in [4.78, 5) is 16.9. The maximum absolute atomic E-state index is 12.9. The van der Waals surface area contributed by atoms with Crippen LogP contribution in [0.15, 0.2) is 47.8 Å². The Kier molecular flexibility index (Phi) is 5.49. The van der Waals surface area contributed by atoms with Crippen LogP contribution in [0.25, 0.3) is 11.3 Å². The molecular formula is C21H18F3N3O3S2. The van der Waals surface area contributed by atoms with E-state index < -0.39 is 27.7 Å². The lowest BCUT2D eigenvalue weighted by Gasteiger charge is -2.21. The summed E-state index contributed by atoms with van der Waals surface area (Å²) in [5, 5.41) is 4.46. The van der Waals surface area contributed by atoms with Gasteiger partial charge in [0.15, 0.2) is 5.13 Å². The SMILES string of the molecule is CC1Cc2cc(C(=O)Nc3nc(-c4cccc(C(F)(F)F)c4)cs3)ccc2N1S(C)(=O)=O. The monoisotopic (exact) mass is 481 g/mol. The van der Waals surface area contributed by atoms with Crippen molar-refractivity contribution in [1.29, 1.82) is 0 Å². The van der Waals surface area contributed by atoms with Gasteiger partial charge in [0.05, 0.1) is 23.2 Å². The lowest BCUT2D eigenvalue weighted by molar-refractivity contribution is -0.137. The van der Waals surface area contributed by atoms with Crippen molar-refractivity contribution in [3.05, 3.63) is 64.5 Å². The average Bonchev–Trinajstić information content (AvgIpc) is 3.29. The second-order valence-corrected chi connectivity index (χ2v) is 10.2. The highest BCUT2D eigenvalue weighted by molar-refractivity contribution is 7.92. The molecule has 1 unspecified atom stereocenters. The van der Waals surface area contributed by atoms with E-state index in [1.807, 2.05) is 0 Å². The van der Waals surface area contributed by atoms with Crippen LogP contribution < -0.4 is 9.62 Å². The first kappa shape index (κ1) is 22.3. The van der Waals surface area contributed by atoms with Crippen molar-refractivity contribution < 1.29 is 26.4 Å². The van der Waals surface area contributed by atoms with Gasteiger partial charge < -0.3 is 0 Å². The summed E-state index contributed by atoms with van der Waals surface area (Å²) in [5.41, 5.74) is 1.48. The van der Waals surface area contributed by atoms with Crippen molar-refractivity contribution in [3.63, 3.8) is 0 Å². The van der Waals surface area contributed by atoms with Crippen molar-refractivity contribution in [2.24, 2.45) is 0 Å². The van der Waals surface area contributed by atoms with Crippen molar-refractivity contribution >= 4 is 38.1 Å². The molecule has 1 aromatic heterocycles. The Balaban J connectivity index is 1.53. The van der Waals surface area contributed by atoms with Gasteiger partial charge in [0.25, 0.3) is 5.91 Å². The Morgan fingerprint density at radius 1 is 1.22 bits per heavy atom. The zero-order valence-electron chi connectivity index (χ0n) is 17.0. The van der Waals surface area contributed by atoms with Gasteiger partial charge in [-0.1, -0.05) is 12.1 Å². The van der Waals surface area contributed by atoms with Gasteiger partial charge in [-0.05, 0) is 49.2 Å². The number of hydrogen-bond acceptors (Lipinski definition) is 5. The molecule has 0 aliphatic carbocycles. The predicted octanol–water partition coefficient (Wildman–Crippen LogP) is 4.79. The highest BCUT2D eigenvalue weighted by atomic mass is 32.2. The molecule has 0 spiro atoms. The molecule has 0 radical (unpaired) electrons. The number of amides is 1. The van der Waals surface area contributed by atoms with Crippen LogP contribution >= 0.6 is 11.3 Å². The van der Waals surface area contributed by atoms with Crippen LogP contribution in [-0.4, -0.2) is 31.6 Å². The van der Waals surface area contributed by atoms with E-state index in [0.717, 1.165) is 35.3 Å². The fourth-order valence-corrected chi connectivity index (χ4v) is 5.72. The summed E-state index contributed by atoms with van der Waals surface area (Å²) < 4.78 is 64.3. The molecule has 2 heterocycles. The lowest BCUT2D eigenvalue weighted by atomic mass is 10.1. The van der Waals surface area contributed by atoms with Gasteiger partial charge in [0, 0.05) is 22.5 Å². The number of benzene rings is 2. The number of alkyl halides is 3. The number of nitrogens with one attached hydrogen (secondary N) is 1. The van der Waals surface area contributed by atoms with E-state index in [2.05, 4.69) is 10.3 Å². The second-order valence-electron chi connectivity index (χ2n) is 7.53. The maximum Gasteiger partial charge on any atom is 0.416 e. The normalized spacial score (nSPS) is 16.2. The molecule has 11 heteroatoms. The van der Waals surface area contributed by atoms with Crippen LogP contribution in [0.1, 0.15) is 28.4 Å². The van der Waals surface area contributed by atoms with Gasteiger partial charge in [0.1, 0.15) is 0 Å².